The summed E-state index contributed by atoms with van der Waals surface area (Å²) in [6.07, 6.45) is 4.45. The van der Waals surface area contributed by atoms with Crippen molar-refractivity contribution in [3.63, 3.8) is 0 Å². The van der Waals surface area contributed by atoms with Crippen LogP contribution >= 0.6 is 23.2 Å². The summed E-state index contributed by atoms with van der Waals surface area (Å²) < 4.78 is 5.72. The van der Waals surface area contributed by atoms with Gasteiger partial charge in [0, 0.05) is 10.0 Å². The Morgan fingerprint density at radius 2 is 1.60 bits per heavy atom. The number of halogens is 2. The molecule has 0 heterocycles. The Morgan fingerprint density at radius 3 is 2.20 bits per heavy atom. The van der Waals surface area contributed by atoms with Crippen molar-refractivity contribution in [2.45, 2.75) is 13.3 Å². The molecule has 3 rings (SSSR count). The number of hydrogen-bond donors (Lipinski definition) is 1. The predicted octanol–water partition coefficient (Wildman–Crippen LogP) is 7.02. The summed E-state index contributed by atoms with van der Waals surface area (Å²) in [5.74, 6) is -0.439. The van der Waals surface area contributed by atoms with E-state index in [2.05, 4.69) is 0 Å². The maximum Gasteiger partial charge on any atom is 0.306 e. The first-order chi connectivity index (χ1) is 14.4. The third kappa shape index (κ3) is 6.38. The molecule has 0 saturated heterocycles. The molecule has 0 spiro atoms. The minimum Gasteiger partial charge on any atom is -0.490 e. The van der Waals surface area contributed by atoms with Gasteiger partial charge in [0.1, 0.15) is 12.4 Å². The van der Waals surface area contributed by atoms with E-state index in [1.54, 1.807) is 13.0 Å². The van der Waals surface area contributed by atoms with Gasteiger partial charge in [0.05, 0.1) is 5.92 Å². The van der Waals surface area contributed by atoms with Crippen molar-refractivity contribution in [2.24, 2.45) is 5.92 Å². The van der Waals surface area contributed by atoms with Crippen molar-refractivity contribution >= 4 is 35.2 Å². The van der Waals surface area contributed by atoms with Crippen LogP contribution in [0.3, 0.4) is 0 Å². The first kappa shape index (κ1) is 21.9. The molecule has 0 amide bonds. The van der Waals surface area contributed by atoms with E-state index < -0.39 is 11.9 Å². The van der Waals surface area contributed by atoms with Gasteiger partial charge in [-0.15, -0.1) is 0 Å². The smallest absolute Gasteiger partial charge is 0.306 e. The molecule has 0 saturated carbocycles. The zero-order valence-electron chi connectivity index (χ0n) is 16.5. The van der Waals surface area contributed by atoms with Gasteiger partial charge in [0.25, 0.3) is 0 Å². The third-order valence-corrected chi connectivity index (χ3v) is 5.09. The number of ether oxygens (including phenoxy) is 1. The summed E-state index contributed by atoms with van der Waals surface area (Å²) >= 11 is 12.2. The lowest BCUT2D eigenvalue weighted by molar-refractivity contribution is -0.141. The lowest BCUT2D eigenvalue weighted by Gasteiger charge is -2.08. The molecule has 1 N–H and O–H groups in total. The third-order valence-electron chi connectivity index (χ3n) is 4.65. The molecule has 0 aliphatic carbocycles. The minimum atomic E-state index is -0.787. The number of hydrogen-bond acceptors (Lipinski definition) is 2. The average molecular weight is 441 g/mol. The highest BCUT2D eigenvalue weighted by Crippen LogP contribution is 2.27. The van der Waals surface area contributed by atoms with Gasteiger partial charge in [-0.1, -0.05) is 72.6 Å². The van der Waals surface area contributed by atoms with E-state index in [-0.39, 0.29) is 0 Å². The second kappa shape index (κ2) is 10.3. The number of carboxylic acids is 1. The monoisotopic (exact) mass is 440 g/mol. The van der Waals surface area contributed by atoms with Crippen LogP contribution in [0.1, 0.15) is 18.1 Å². The van der Waals surface area contributed by atoms with Gasteiger partial charge in [-0.25, -0.2) is 0 Å². The standard InChI is InChI=1S/C25H22Cl2O3/c1-17(25(28)29)13-19-6-10-24(11-7-19)30-12-2-3-18-4-8-20(9-5-18)21-14-22(26)16-23(27)15-21/h2-11,14-17H,12-13H2,1H3,(H,28,29)/b3-2+. The van der Waals surface area contributed by atoms with Crippen molar-refractivity contribution in [3.8, 4) is 16.9 Å². The molecule has 5 heteroatoms. The summed E-state index contributed by atoms with van der Waals surface area (Å²) in [5, 5.41) is 10.2. The van der Waals surface area contributed by atoms with Crippen LogP contribution in [0.15, 0.2) is 72.8 Å². The lowest BCUT2D eigenvalue weighted by atomic mass is 10.0. The van der Waals surface area contributed by atoms with Crippen molar-refractivity contribution in [2.75, 3.05) is 6.61 Å². The summed E-state index contributed by atoms with van der Waals surface area (Å²) in [5.41, 5.74) is 4.07. The fourth-order valence-electron chi connectivity index (χ4n) is 3.00. The van der Waals surface area contributed by atoms with Crippen molar-refractivity contribution in [3.05, 3.63) is 94.0 Å². The number of aliphatic carboxylic acids is 1. The molecule has 1 atom stereocenters. The zero-order valence-corrected chi connectivity index (χ0v) is 18.0. The first-order valence-corrected chi connectivity index (χ1v) is 10.3. The fourth-order valence-corrected chi connectivity index (χ4v) is 3.52. The molecule has 1 unspecified atom stereocenters. The molecule has 3 aromatic rings. The Hall–Kier alpha value is -2.75. The molecule has 0 bridgehead atoms. The largest absolute Gasteiger partial charge is 0.490 e. The SMILES string of the molecule is CC(Cc1ccc(OC/C=C/c2ccc(-c3cc(Cl)cc(Cl)c3)cc2)cc1)C(=O)O. The maximum absolute atomic E-state index is 10.9. The van der Waals surface area contributed by atoms with Crippen LogP contribution in [-0.2, 0) is 11.2 Å². The van der Waals surface area contributed by atoms with Crippen LogP contribution in [-0.4, -0.2) is 17.7 Å². The lowest BCUT2D eigenvalue weighted by Crippen LogP contribution is -2.12. The van der Waals surface area contributed by atoms with Crippen LogP contribution in [0, 0.1) is 5.92 Å². The van der Waals surface area contributed by atoms with E-state index in [1.807, 2.05) is 72.8 Å². The molecule has 0 aromatic heterocycles. The van der Waals surface area contributed by atoms with E-state index in [9.17, 15) is 4.79 Å². The molecule has 3 aromatic carbocycles. The quantitative estimate of drug-likeness (QED) is 0.409. The van der Waals surface area contributed by atoms with Gasteiger partial charge in [-0.05, 0) is 65.1 Å². The van der Waals surface area contributed by atoms with Gasteiger partial charge in [0.2, 0.25) is 0 Å². The van der Waals surface area contributed by atoms with Gasteiger partial charge in [-0.3, -0.25) is 4.79 Å². The first-order valence-electron chi connectivity index (χ1n) is 9.58. The molecular formula is C25H22Cl2O3. The van der Waals surface area contributed by atoms with E-state index in [1.165, 1.54) is 0 Å². The molecule has 0 radical (unpaired) electrons. The Kier molecular flexibility index (Phi) is 7.56. The molecule has 30 heavy (non-hydrogen) atoms. The molecule has 0 fully saturated rings. The van der Waals surface area contributed by atoms with Crippen LogP contribution in [0.5, 0.6) is 5.75 Å². The van der Waals surface area contributed by atoms with Crippen LogP contribution < -0.4 is 4.74 Å². The minimum absolute atomic E-state index is 0.401. The average Bonchev–Trinajstić information content (AvgIpc) is 2.72. The Morgan fingerprint density at radius 1 is 0.967 bits per heavy atom. The predicted molar refractivity (Wildman–Crippen MR) is 123 cm³/mol. The van der Waals surface area contributed by atoms with Crippen molar-refractivity contribution in [1.29, 1.82) is 0 Å². The topological polar surface area (TPSA) is 46.5 Å². The molecule has 3 nitrogen and oxygen atoms in total. The Balaban J connectivity index is 1.52. The fraction of sp³-hybridized carbons (Fsp3) is 0.160. The van der Waals surface area contributed by atoms with Gasteiger partial charge in [0.15, 0.2) is 0 Å². The van der Waals surface area contributed by atoms with E-state index >= 15 is 0 Å². The van der Waals surface area contributed by atoms with Crippen LogP contribution in [0.2, 0.25) is 10.0 Å². The van der Waals surface area contributed by atoms with Gasteiger partial charge in [-0.2, -0.15) is 0 Å². The molecular weight excluding hydrogens is 419 g/mol. The highest BCUT2D eigenvalue weighted by molar-refractivity contribution is 6.35. The van der Waals surface area contributed by atoms with Gasteiger partial charge >= 0.3 is 5.97 Å². The number of benzene rings is 3. The zero-order chi connectivity index (χ0) is 21.5. The normalized spacial score (nSPS) is 12.1. The van der Waals surface area contributed by atoms with E-state index in [0.717, 1.165) is 28.0 Å². The molecule has 154 valence electrons. The highest BCUT2D eigenvalue weighted by Gasteiger charge is 2.11. The van der Waals surface area contributed by atoms with Crippen molar-refractivity contribution in [1.82, 2.24) is 0 Å². The van der Waals surface area contributed by atoms with Crippen LogP contribution in [0.4, 0.5) is 0 Å². The Bertz CT molecular complexity index is 1010. The highest BCUT2D eigenvalue weighted by atomic mass is 35.5. The summed E-state index contributed by atoms with van der Waals surface area (Å²) in [4.78, 5) is 10.9. The second-order valence-electron chi connectivity index (χ2n) is 7.08. The summed E-state index contributed by atoms with van der Waals surface area (Å²) in [6.45, 7) is 2.14. The molecule has 0 aliphatic rings. The summed E-state index contributed by atoms with van der Waals surface area (Å²) in [6, 6.07) is 21.1. The Labute approximate surface area is 186 Å². The number of rotatable bonds is 8. The van der Waals surface area contributed by atoms with E-state index in [0.29, 0.717) is 23.1 Å². The maximum atomic E-state index is 10.9. The van der Waals surface area contributed by atoms with Crippen molar-refractivity contribution < 1.29 is 14.6 Å². The van der Waals surface area contributed by atoms with Crippen LogP contribution in [0.25, 0.3) is 17.2 Å². The number of carboxylic acid groups (broad SMARTS) is 1. The molecule has 0 aliphatic heterocycles. The van der Waals surface area contributed by atoms with Gasteiger partial charge < -0.3 is 9.84 Å². The number of carbonyl (C=O) groups is 1. The second-order valence-corrected chi connectivity index (χ2v) is 7.95. The van der Waals surface area contributed by atoms with E-state index in [4.69, 9.17) is 33.0 Å². The summed E-state index contributed by atoms with van der Waals surface area (Å²) in [7, 11) is 0.